The maximum absolute atomic E-state index is 14.4. The summed E-state index contributed by atoms with van der Waals surface area (Å²) in [5.74, 6) is -3.10. The average molecular weight is 525 g/mol. The molecule has 38 heavy (non-hydrogen) atoms. The van der Waals surface area contributed by atoms with Crippen molar-refractivity contribution in [2.24, 2.45) is 5.92 Å². The summed E-state index contributed by atoms with van der Waals surface area (Å²) in [5, 5.41) is 15.2. The van der Waals surface area contributed by atoms with Crippen LogP contribution < -0.4 is 0 Å². The van der Waals surface area contributed by atoms with Gasteiger partial charge in [-0.15, -0.1) is 0 Å². The van der Waals surface area contributed by atoms with E-state index in [0.717, 1.165) is 24.6 Å². The molecule has 1 fully saturated rings. The molecule has 5 rings (SSSR count). The van der Waals surface area contributed by atoms with Crippen molar-refractivity contribution in [3.8, 4) is 0 Å². The van der Waals surface area contributed by atoms with Gasteiger partial charge in [-0.25, -0.2) is 9.18 Å². The number of nitrogens with zero attached hydrogens (tertiary/aromatic N) is 2. The average Bonchev–Trinajstić information content (AvgIpc) is 3.21. The molecule has 0 unspecified atom stereocenters. The van der Waals surface area contributed by atoms with Gasteiger partial charge in [-0.1, -0.05) is 24.6 Å². The SMILES string of the molecule is O=C(O)/C=C/c1ccc(C(=C(c2ccc(F)cc2C(F)(F)F)C2CCC2)c2ccc3n[nH]c(F)c3c2)cn1. The van der Waals surface area contributed by atoms with Crippen molar-refractivity contribution in [1.29, 1.82) is 0 Å². The first-order chi connectivity index (χ1) is 18.1. The van der Waals surface area contributed by atoms with Crippen LogP contribution in [0.3, 0.4) is 0 Å². The number of benzene rings is 2. The number of aromatic amines is 1. The summed E-state index contributed by atoms with van der Waals surface area (Å²) in [7, 11) is 0. The minimum absolute atomic E-state index is 0.152. The molecule has 0 aliphatic heterocycles. The van der Waals surface area contributed by atoms with Crippen LogP contribution >= 0.6 is 0 Å². The summed E-state index contributed by atoms with van der Waals surface area (Å²) in [6, 6.07) is 10.5. The minimum Gasteiger partial charge on any atom is -0.478 e. The number of carboxylic acid groups (broad SMARTS) is 1. The Balaban J connectivity index is 1.81. The monoisotopic (exact) mass is 525 g/mol. The highest BCUT2D eigenvalue weighted by Gasteiger charge is 2.38. The zero-order valence-electron chi connectivity index (χ0n) is 19.7. The molecule has 0 bridgehead atoms. The van der Waals surface area contributed by atoms with E-state index in [-0.39, 0.29) is 16.9 Å². The lowest BCUT2D eigenvalue weighted by molar-refractivity contribution is -0.138. The molecule has 2 N–H and O–H groups in total. The van der Waals surface area contributed by atoms with Crippen LogP contribution in [-0.2, 0) is 11.0 Å². The molecule has 0 atom stereocenters. The lowest BCUT2D eigenvalue weighted by Crippen LogP contribution is -2.19. The molecule has 2 heterocycles. The van der Waals surface area contributed by atoms with Crippen molar-refractivity contribution < 1.29 is 31.9 Å². The Kier molecular flexibility index (Phi) is 6.56. The van der Waals surface area contributed by atoms with Gasteiger partial charge in [0.2, 0.25) is 5.95 Å². The van der Waals surface area contributed by atoms with Crippen LogP contribution in [0, 0.1) is 17.7 Å². The summed E-state index contributed by atoms with van der Waals surface area (Å²) in [6.07, 6.45) is 0.894. The topological polar surface area (TPSA) is 78.9 Å². The number of rotatable bonds is 6. The first kappa shape index (κ1) is 25.3. The van der Waals surface area contributed by atoms with Crippen LogP contribution in [0.15, 0.2) is 60.8 Å². The molecular weight excluding hydrogens is 505 g/mol. The summed E-state index contributed by atoms with van der Waals surface area (Å²) in [6.45, 7) is 0. The lowest BCUT2D eigenvalue weighted by atomic mass is 9.72. The molecule has 1 aliphatic rings. The number of nitrogens with one attached hydrogen (secondary N) is 1. The normalized spacial score (nSPS) is 15.1. The molecule has 5 nitrogen and oxygen atoms in total. The molecule has 4 aromatic rings. The summed E-state index contributed by atoms with van der Waals surface area (Å²) in [4.78, 5) is 15.1. The van der Waals surface area contributed by atoms with Gasteiger partial charge in [0.05, 0.1) is 22.2 Å². The maximum atomic E-state index is 14.4. The number of aliphatic carboxylic acids is 1. The van der Waals surface area contributed by atoms with E-state index in [2.05, 4.69) is 15.2 Å². The molecule has 0 radical (unpaired) electrons. The number of aromatic nitrogens is 3. The van der Waals surface area contributed by atoms with Crippen molar-refractivity contribution in [3.63, 3.8) is 0 Å². The van der Waals surface area contributed by atoms with Crippen LogP contribution in [0.25, 0.3) is 28.1 Å². The number of fused-ring (bicyclic) bond motifs is 1. The first-order valence-corrected chi connectivity index (χ1v) is 11.7. The van der Waals surface area contributed by atoms with Crippen LogP contribution in [0.4, 0.5) is 22.0 Å². The van der Waals surface area contributed by atoms with E-state index in [0.29, 0.717) is 52.4 Å². The molecule has 2 aromatic carbocycles. The highest BCUT2D eigenvalue weighted by atomic mass is 19.4. The van der Waals surface area contributed by atoms with Crippen LogP contribution in [-0.4, -0.2) is 26.3 Å². The highest BCUT2D eigenvalue weighted by Crippen LogP contribution is 2.48. The number of pyridine rings is 1. The number of alkyl halides is 3. The van der Waals surface area contributed by atoms with E-state index in [1.807, 2.05) is 0 Å². The van der Waals surface area contributed by atoms with Crippen molar-refractivity contribution >= 4 is 34.1 Å². The number of halogens is 5. The number of carboxylic acids is 1. The predicted octanol–water partition coefficient (Wildman–Crippen LogP) is 7.11. The Hall–Kier alpha value is -4.34. The molecule has 194 valence electrons. The fourth-order valence-corrected chi connectivity index (χ4v) is 4.66. The van der Waals surface area contributed by atoms with Gasteiger partial charge >= 0.3 is 12.1 Å². The van der Waals surface area contributed by atoms with E-state index in [1.54, 1.807) is 24.3 Å². The number of allylic oxidation sites excluding steroid dienone is 1. The van der Waals surface area contributed by atoms with E-state index in [4.69, 9.17) is 5.11 Å². The summed E-state index contributed by atoms with van der Waals surface area (Å²) >= 11 is 0. The van der Waals surface area contributed by atoms with Crippen LogP contribution in [0.1, 0.15) is 47.2 Å². The fraction of sp³-hybridized carbons (Fsp3) is 0.179. The summed E-state index contributed by atoms with van der Waals surface area (Å²) < 4.78 is 70.9. The van der Waals surface area contributed by atoms with E-state index in [9.17, 15) is 26.7 Å². The summed E-state index contributed by atoms with van der Waals surface area (Å²) in [5.41, 5.74) is 1.07. The smallest absolute Gasteiger partial charge is 0.417 e. The van der Waals surface area contributed by atoms with Crippen molar-refractivity contribution in [2.45, 2.75) is 25.4 Å². The van der Waals surface area contributed by atoms with Gasteiger partial charge in [-0.2, -0.15) is 22.7 Å². The van der Waals surface area contributed by atoms with Gasteiger partial charge in [-0.05, 0) is 77.4 Å². The quantitative estimate of drug-likeness (QED) is 0.160. The van der Waals surface area contributed by atoms with Gasteiger partial charge < -0.3 is 5.11 Å². The third kappa shape index (κ3) is 4.93. The minimum atomic E-state index is -4.82. The molecule has 1 aliphatic carbocycles. The standard InChI is InChI=1S/C28H20F5N3O2/c29-18-6-9-20(22(13-18)28(31,32)33)26(15-2-1-3-15)25(16-5-10-23-21(12-16)27(30)36-35-23)17-4-7-19(34-14-17)8-11-24(37)38/h4-15H,1-3H2,(H,35,36)(H,37,38)/b11-8+,26-25?. The van der Waals surface area contributed by atoms with Gasteiger partial charge in [0.1, 0.15) is 5.82 Å². The number of H-pyrrole nitrogens is 1. The second-order valence-electron chi connectivity index (χ2n) is 9.02. The first-order valence-electron chi connectivity index (χ1n) is 11.7. The second-order valence-corrected chi connectivity index (χ2v) is 9.02. The predicted molar refractivity (Wildman–Crippen MR) is 132 cm³/mol. The zero-order chi connectivity index (χ0) is 27.0. The third-order valence-electron chi connectivity index (χ3n) is 6.63. The number of carbonyl (C=O) groups is 1. The Bertz CT molecular complexity index is 1580. The van der Waals surface area contributed by atoms with Crippen LogP contribution in [0.2, 0.25) is 0 Å². The maximum Gasteiger partial charge on any atom is 0.417 e. The lowest BCUT2D eigenvalue weighted by Gasteiger charge is -2.33. The van der Waals surface area contributed by atoms with Crippen molar-refractivity contribution in [1.82, 2.24) is 15.2 Å². The number of hydrogen-bond donors (Lipinski definition) is 2. The van der Waals surface area contributed by atoms with Gasteiger partial charge in [0.15, 0.2) is 0 Å². The van der Waals surface area contributed by atoms with Gasteiger partial charge in [0, 0.05) is 17.8 Å². The number of hydrogen-bond acceptors (Lipinski definition) is 3. The molecular formula is C28H20F5N3O2. The van der Waals surface area contributed by atoms with E-state index >= 15 is 0 Å². The van der Waals surface area contributed by atoms with E-state index < -0.39 is 29.5 Å². The largest absolute Gasteiger partial charge is 0.478 e. The molecule has 0 saturated heterocycles. The Labute approximate surface area is 213 Å². The van der Waals surface area contributed by atoms with Crippen LogP contribution in [0.5, 0.6) is 0 Å². The molecule has 1 saturated carbocycles. The highest BCUT2D eigenvalue weighted by molar-refractivity contribution is 6.01. The Morgan fingerprint density at radius 3 is 2.42 bits per heavy atom. The van der Waals surface area contributed by atoms with E-state index in [1.165, 1.54) is 18.3 Å². The molecule has 2 aromatic heterocycles. The third-order valence-corrected chi connectivity index (χ3v) is 6.63. The van der Waals surface area contributed by atoms with Crippen molar-refractivity contribution in [2.75, 3.05) is 0 Å². The fourth-order valence-electron chi connectivity index (χ4n) is 4.66. The van der Waals surface area contributed by atoms with Gasteiger partial charge in [-0.3, -0.25) is 10.1 Å². The van der Waals surface area contributed by atoms with Gasteiger partial charge in [0.25, 0.3) is 0 Å². The molecule has 10 heteroatoms. The van der Waals surface area contributed by atoms with Crippen molar-refractivity contribution in [3.05, 3.63) is 101 Å². The Morgan fingerprint density at radius 1 is 1.03 bits per heavy atom. The molecule has 0 spiro atoms. The Morgan fingerprint density at radius 2 is 1.79 bits per heavy atom. The molecule has 0 amide bonds. The zero-order valence-corrected chi connectivity index (χ0v) is 19.7. The second kappa shape index (κ2) is 9.85.